The van der Waals surface area contributed by atoms with Gasteiger partial charge in [0.1, 0.15) is 5.76 Å². The van der Waals surface area contributed by atoms with Gasteiger partial charge in [0, 0.05) is 17.7 Å². The van der Waals surface area contributed by atoms with E-state index in [1.807, 2.05) is 38.1 Å². The molecule has 1 heterocycles. The molecule has 7 heteroatoms. The largest absolute Gasteiger partial charge is 0.507 e. The first-order valence-corrected chi connectivity index (χ1v) is 10.5. The number of nitrogens with zero attached hydrogens (tertiary/aromatic N) is 2. The molecule has 1 aliphatic rings. The third-order valence-corrected chi connectivity index (χ3v) is 5.60. The molecule has 0 saturated carbocycles. The summed E-state index contributed by atoms with van der Waals surface area (Å²) >= 11 is 0. The van der Waals surface area contributed by atoms with E-state index in [4.69, 9.17) is 9.47 Å². The van der Waals surface area contributed by atoms with Crippen molar-refractivity contribution >= 4 is 17.4 Å². The number of aryl methyl sites for hydroxylation is 1. The van der Waals surface area contributed by atoms with Gasteiger partial charge in [0.05, 0.1) is 25.8 Å². The smallest absolute Gasteiger partial charge is 0.295 e. The predicted octanol–water partition coefficient (Wildman–Crippen LogP) is 3.39. The molecular formula is C25H30N2O5. The zero-order valence-corrected chi connectivity index (χ0v) is 19.2. The van der Waals surface area contributed by atoms with Crippen LogP contribution in [0.4, 0.5) is 0 Å². The number of aliphatic hydroxyl groups excluding tert-OH is 1. The van der Waals surface area contributed by atoms with E-state index in [1.165, 1.54) is 19.1 Å². The molecule has 1 saturated heterocycles. The third kappa shape index (κ3) is 4.48. The minimum absolute atomic E-state index is 0.0512. The fraction of sp³-hybridized carbons (Fsp3) is 0.360. The number of amides is 1. The quantitative estimate of drug-likeness (QED) is 0.387. The van der Waals surface area contributed by atoms with Crippen LogP contribution in [0.1, 0.15) is 29.2 Å². The Kier molecular flexibility index (Phi) is 7.20. The lowest BCUT2D eigenvalue weighted by molar-refractivity contribution is -0.140. The number of rotatable bonds is 8. The molecule has 7 nitrogen and oxygen atoms in total. The van der Waals surface area contributed by atoms with Gasteiger partial charge in [0.15, 0.2) is 11.5 Å². The summed E-state index contributed by atoms with van der Waals surface area (Å²) in [5.74, 6) is -0.628. The summed E-state index contributed by atoms with van der Waals surface area (Å²) in [6.07, 6.45) is 0.674. The van der Waals surface area contributed by atoms with E-state index in [-0.39, 0.29) is 11.3 Å². The number of hydrogen-bond acceptors (Lipinski definition) is 6. The number of likely N-dealkylation sites (tertiary alicyclic amines) is 1. The SMILES string of the molecule is COc1cccc([C@@H]2C(=C(O)c3ccc(C)cc3)C(=O)C(=O)N2CCCN(C)C)c1OC. The molecule has 32 heavy (non-hydrogen) atoms. The Balaban J connectivity index is 2.19. The number of carbonyl (C=O) groups is 2. The lowest BCUT2D eigenvalue weighted by atomic mass is 9.94. The van der Waals surface area contributed by atoms with Gasteiger partial charge in [-0.15, -0.1) is 0 Å². The maximum Gasteiger partial charge on any atom is 0.295 e. The van der Waals surface area contributed by atoms with E-state index in [0.29, 0.717) is 35.6 Å². The summed E-state index contributed by atoms with van der Waals surface area (Å²) in [6, 6.07) is 11.7. The zero-order valence-electron chi connectivity index (χ0n) is 19.2. The van der Waals surface area contributed by atoms with Crippen molar-refractivity contribution in [3.63, 3.8) is 0 Å². The predicted molar refractivity (Wildman–Crippen MR) is 123 cm³/mol. The molecule has 0 spiro atoms. The summed E-state index contributed by atoms with van der Waals surface area (Å²) in [7, 11) is 6.95. The van der Waals surface area contributed by atoms with Crippen LogP contribution in [-0.2, 0) is 9.59 Å². The fourth-order valence-corrected chi connectivity index (χ4v) is 3.99. The minimum atomic E-state index is -0.788. The number of ether oxygens (including phenoxy) is 2. The molecular weight excluding hydrogens is 408 g/mol. The van der Waals surface area contributed by atoms with Crippen LogP contribution in [0.25, 0.3) is 5.76 Å². The summed E-state index contributed by atoms with van der Waals surface area (Å²) in [5.41, 5.74) is 2.14. The third-order valence-electron chi connectivity index (χ3n) is 5.60. The van der Waals surface area contributed by atoms with Crippen molar-refractivity contribution in [2.24, 2.45) is 0 Å². The fourth-order valence-electron chi connectivity index (χ4n) is 3.99. The molecule has 3 rings (SSSR count). The Labute approximate surface area is 188 Å². The number of ketones is 1. The molecule has 0 aromatic heterocycles. The summed E-state index contributed by atoms with van der Waals surface area (Å²) in [5, 5.41) is 11.2. The Hall–Kier alpha value is -3.32. The number of benzene rings is 2. The molecule has 0 unspecified atom stereocenters. The molecule has 1 atom stereocenters. The molecule has 0 aliphatic carbocycles. The van der Waals surface area contributed by atoms with E-state index in [1.54, 1.807) is 30.3 Å². The van der Waals surface area contributed by atoms with E-state index in [0.717, 1.165) is 12.1 Å². The molecule has 1 aliphatic heterocycles. The van der Waals surface area contributed by atoms with Crippen molar-refractivity contribution in [3.05, 3.63) is 64.7 Å². The molecule has 2 aromatic rings. The van der Waals surface area contributed by atoms with Gasteiger partial charge in [-0.25, -0.2) is 0 Å². The topological polar surface area (TPSA) is 79.3 Å². The van der Waals surface area contributed by atoms with Crippen molar-refractivity contribution in [3.8, 4) is 11.5 Å². The van der Waals surface area contributed by atoms with Crippen LogP contribution in [-0.4, -0.2) is 68.0 Å². The van der Waals surface area contributed by atoms with Gasteiger partial charge in [-0.1, -0.05) is 42.0 Å². The molecule has 1 fully saturated rings. The van der Waals surface area contributed by atoms with Crippen LogP contribution in [0.5, 0.6) is 11.5 Å². The first kappa shape index (κ1) is 23.3. The lowest BCUT2D eigenvalue weighted by Gasteiger charge is -2.27. The highest BCUT2D eigenvalue weighted by Crippen LogP contribution is 2.45. The van der Waals surface area contributed by atoms with E-state index < -0.39 is 17.7 Å². The molecule has 1 amide bonds. The number of Topliss-reactive ketones (excluding diaryl/α,β-unsaturated/α-hetero) is 1. The number of aliphatic hydroxyl groups is 1. The maximum absolute atomic E-state index is 13.1. The van der Waals surface area contributed by atoms with Crippen molar-refractivity contribution in [1.82, 2.24) is 9.80 Å². The average molecular weight is 439 g/mol. The Morgan fingerprint density at radius 2 is 1.75 bits per heavy atom. The van der Waals surface area contributed by atoms with Gasteiger partial charge in [-0.2, -0.15) is 0 Å². The maximum atomic E-state index is 13.1. The molecule has 0 radical (unpaired) electrons. The molecule has 1 N–H and O–H groups in total. The lowest BCUT2D eigenvalue weighted by Crippen LogP contribution is -2.32. The number of carbonyl (C=O) groups excluding carboxylic acids is 2. The molecule has 0 bridgehead atoms. The average Bonchev–Trinajstić information content (AvgIpc) is 3.03. The normalized spacial score (nSPS) is 17.8. The second-order valence-electron chi connectivity index (χ2n) is 8.10. The Morgan fingerprint density at radius 1 is 1.06 bits per heavy atom. The van der Waals surface area contributed by atoms with Crippen molar-refractivity contribution < 1.29 is 24.2 Å². The number of hydrogen-bond donors (Lipinski definition) is 1. The second kappa shape index (κ2) is 9.87. The zero-order chi connectivity index (χ0) is 23.4. The summed E-state index contributed by atoms with van der Waals surface area (Å²) < 4.78 is 11.0. The first-order valence-electron chi connectivity index (χ1n) is 10.5. The van der Waals surface area contributed by atoms with Crippen LogP contribution < -0.4 is 9.47 Å². The van der Waals surface area contributed by atoms with Crippen LogP contribution in [0.15, 0.2) is 48.0 Å². The van der Waals surface area contributed by atoms with Gasteiger partial charge < -0.3 is 24.4 Å². The highest BCUT2D eigenvalue weighted by atomic mass is 16.5. The molecule has 2 aromatic carbocycles. The van der Waals surface area contributed by atoms with Crippen molar-refractivity contribution in [1.29, 1.82) is 0 Å². The van der Waals surface area contributed by atoms with Crippen molar-refractivity contribution in [2.45, 2.75) is 19.4 Å². The Bertz CT molecular complexity index is 1030. The highest BCUT2D eigenvalue weighted by Gasteiger charge is 2.47. The van der Waals surface area contributed by atoms with E-state index in [2.05, 4.69) is 0 Å². The van der Waals surface area contributed by atoms with Crippen molar-refractivity contribution in [2.75, 3.05) is 41.4 Å². The highest BCUT2D eigenvalue weighted by molar-refractivity contribution is 6.46. The molecule has 170 valence electrons. The van der Waals surface area contributed by atoms with Gasteiger partial charge in [0.2, 0.25) is 0 Å². The number of para-hydroxylation sites is 1. The van der Waals surface area contributed by atoms with Gasteiger partial charge in [0.25, 0.3) is 11.7 Å². The second-order valence-corrected chi connectivity index (χ2v) is 8.10. The summed E-state index contributed by atoms with van der Waals surface area (Å²) in [6.45, 7) is 3.05. The van der Waals surface area contributed by atoms with Crippen LogP contribution in [0.3, 0.4) is 0 Å². The monoisotopic (exact) mass is 438 g/mol. The first-order chi connectivity index (χ1) is 15.3. The standard InChI is InChI=1S/C25H30N2O5/c1-16-10-12-17(13-11-16)22(28)20-21(18-8-6-9-19(31-4)24(18)32-5)27(25(30)23(20)29)15-7-14-26(2)3/h6,8-13,21,28H,7,14-15H2,1-5H3/t21-/m1/s1. The van der Waals surface area contributed by atoms with E-state index in [9.17, 15) is 14.7 Å². The van der Waals surface area contributed by atoms with Gasteiger partial charge >= 0.3 is 0 Å². The van der Waals surface area contributed by atoms with E-state index >= 15 is 0 Å². The van der Waals surface area contributed by atoms with Crippen LogP contribution in [0.2, 0.25) is 0 Å². The van der Waals surface area contributed by atoms with Crippen LogP contribution >= 0.6 is 0 Å². The Morgan fingerprint density at radius 3 is 2.34 bits per heavy atom. The summed E-state index contributed by atoms with van der Waals surface area (Å²) in [4.78, 5) is 29.7. The van der Waals surface area contributed by atoms with Gasteiger partial charge in [-0.3, -0.25) is 9.59 Å². The number of methoxy groups -OCH3 is 2. The van der Waals surface area contributed by atoms with Crippen LogP contribution in [0, 0.1) is 6.92 Å². The van der Waals surface area contributed by atoms with Gasteiger partial charge in [-0.05, 0) is 40.1 Å². The minimum Gasteiger partial charge on any atom is -0.507 e.